The number of nitrogens with one attached hydrogen (secondary N) is 1. The number of rotatable bonds is 6. The molecule has 2 atom stereocenters. The fraction of sp³-hybridized carbons (Fsp3) is 0.500. The summed E-state index contributed by atoms with van der Waals surface area (Å²) in [7, 11) is 0. The zero-order valence-corrected chi connectivity index (χ0v) is 12.2. The van der Waals surface area contributed by atoms with E-state index in [9.17, 15) is 9.59 Å². The van der Waals surface area contributed by atoms with E-state index in [0.29, 0.717) is 19.8 Å². The highest BCUT2D eigenvalue weighted by molar-refractivity contribution is 5.82. The number of benzene rings is 1. The molecule has 1 saturated heterocycles. The van der Waals surface area contributed by atoms with Crippen molar-refractivity contribution in [1.29, 1.82) is 0 Å². The molecule has 0 radical (unpaired) electrons. The Kier molecular flexibility index (Phi) is 5.75. The average molecular weight is 291 g/mol. The number of carbonyl (C=O) groups is 2. The first-order valence-corrected chi connectivity index (χ1v) is 7.29. The van der Waals surface area contributed by atoms with Gasteiger partial charge in [0.1, 0.15) is 0 Å². The van der Waals surface area contributed by atoms with Gasteiger partial charge in [0, 0.05) is 13.2 Å². The molecule has 2 rings (SSSR count). The van der Waals surface area contributed by atoms with E-state index in [-0.39, 0.29) is 24.3 Å². The van der Waals surface area contributed by atoms with E-state index >= 15 is 0 Å². The molecule has 0 bridgehead atoms. The van der Waals surface area contributed by atoms with Crippen LogP contribution in [0.1, 0.15) is 24.8 Å². The van der Waals surface area contributed by atoms with E-state index in [1.807, 2.05) is 30.3 Å². The Morgan fingerprint density at radius 2 is 2.14 bits per heavy atom. The third-order valence-corrected chi connectivity index (χ3v) is 3.55. The predicted molar refractivity (Wildman–Crippen MR) is 77.8 cm³/mol. The van der Waals surface area contributed by atoms with Crippen molar-refractivity contribution in [2.75, 3.05) is 26.4 Å². The first-order chi connectivity index (χ1) is 10.2. The number of hydrogen-bond donors (Lipinski definition) is 1. The molecule has 0 aromatic heterocycles. The molecule has 5 nitrogen and oxygen atoms in total. The summed E-state index contributed by atoms with van der Waals surface area (Å²) >= 11 is 0. The third kappa shape index (κ3) is 4.29. The fourth-order valence-corrected chi connectivity index (χ4v) is 2.35. The van der Waals surface area contributed by atoms with Crippen LogP contribution in [0.25, 0.3) is 0 Å². The zero-order chi connectivity index (χ0) is 15.1. The molecule has 0 spiro atoms. The number of amides is 1. The van der Waals surface area contributed by atoms with E-state index in [0.717, 1.165) is 12.0 Å². The first-order valence-electron chi connectivity index (χ1n) is 7.29. The average Bonchev–Trinajstić information content (AvgIpc) is 3.03. The van der Waals surface area contributed by atoms with E-state index in [1.54, 1.807) is 6.92 Å². The van der Waals surface area contributed by atoms with E-state index in [4.69, 9.17) is 9.47 Å². The highest BCUT2D eigenvalue weighted by atomic mass is 16.5. The Balaban J connectivity index is 1.99. The second kappa shape index (κ2) is 7.78. The van der Waals surface area contributed by atoms with Gasteiger partial charge in [-0.3, -0.25) is 9.59 Å². The van der Waals surface area contributed by atoms with Gasteiger partial charge in [-0.2, -0.15) is 0 Å². The Labute approximate surface area is 124 Å². The van der Waals surface area contributed by atoms with Crippen LogP contribution >= 0.6 is 0 Å². The minimum Gasteiger partial charge on any atom is -0.465 e. The summed E-state index contributed by atoms with van der Waals surface area (Å²) in [5.74, 6) is -0.953. The molecule has 1 aromatic carbocycles. The van der Waals surface area contributed by atoms with Crippen molar-refractivity contribution in [3.63, 3.8) is 0 Å². The quantitative estimate of drug-likeness (QED) is 0.806. The van der Waals surface area contributed by atoms with E-state index < -0.39 is 5.92 Å². The summed E-state index contributed by atoms with van der Waals surface area (Å²) in [6.07, 6.45) is 0.737. The Morgan fingerprint density at radius 1 is 1.38 bits per heavy atom. The van der Waals surface area contributed by atoms with Crippen LogP contribution in [0.2, 0.25) is 0 Å². The fourth-order valence-electron chi connectivity index (χ4n) is 2.35. The molecule has 0 saturated carbocycles. The van der Waals surface area contributed by atoms with Gasteiger partial charge in [0.05, 0.1) is 25.0 Å². The molecule has 21 heavy (non-hydrogen) atoms. The summed E-state index contributed by atoms with van der Waals surface area (Å²) in [4.78, 5) is 24.1. The smallest absolute Gasteiger partial charge is 0.315 e. The second-order valence-corrected chi connectivity index (χ2v) is 5.02. The van der Waals surface area contributed by atoms with Crippen LogP contribution < -0.4 is 5.32 Å². The maximum Gasteiger partial charge on any atom is 0.315 e. The number of ether oxygens (including phenoxy) is 2. The number of esters is 1. The van der Waals surface area contributed by atoms with Crippen LogP contribution in [0.15, 0.2) is 30.3 Å². The third-order valence-electron chi connectivity index (χ3n) is 3.55. The molecule has 1 aromatic rings. The van der Waals surface area contributed by atoms with Crippen LogP contribution in [0.5, 0.6) is 0 Å². The van der Waals surface area contributed by atoms with Crippen molar-refractivity contribution in [2.45, 2.75) is 19.3 Å². The SMILES string of the molecule is CCOC(=O)C(CNC(=O)C1CCOC1)c1ccccc1. The summed E-state index contributed by atoms with van der Waals surface area (Å²) < 4.78 is 10.3. The lowest BCUT2D eigenvalue weighted by Crippen LogP contribution is -2.36. The topological polar surface area (TPSA) is 64.6 Å². The summed E-state index contributed by atoms with van der Waals surface area (Å²) in [5.41, 5.74) is 0.846. The van der Waals surface area contributed by atoms with Gasteiger partial charge in [-0.05, 0) is 18.9 Å². The van der Waals surface area contributed by atoms with Gasteiger partial charge >= 0.3 is 5.97 Å². The van der Waals surface area contributed by atoms with Crippen molar-refractivity contribution in [1.82, 2.24) is 5.32 Å². The van der Waals surface area contributed by atoms with Crippen molar-refractivity contribution < 1.29 is 19.1 Å². The van der Waals surface area contributed by atoms with Crippen LogP contribution in [0, 0.1) is 5.92 Å². The van der Waals surface area contributed by atoms with Gasteiger partial charge in [0.25, 0.3) is 0 Å². The molecular weight excluding hydrogens is 270 g/mol. The molecule has 1 heterocycles. The standard InChI is InChI=1S/C16H21NO4/c1-2-21-16(19)14(12-6-4-3-5-7-12)10-17-15(18)13-8-9-20-11-13/h3-7,13-14H,2,8-11H2,1H3,(H,17,18). The van der Waals surface area contributed by atoms with Gasteiger partial charge in [0.2, 0.25) is 5.91 Å². The molecule has 1 aliphatic rings. The van der Waals surface area contributed by atoms with Crippen LogP contribution in [0.3, 0.4) is 0 Å². The van der Waals surface area contributed by atoms with Crippen LogP contribution in [0.4, 0.5) is 0 Å². The molecular formula is C16H21NO4. The maximum absolute atomic E-state index is 12.1. The van der Waals surface area contributed by atoms with Crippen LogP contribution in [-0.2, 0) is 19.1 Å². The largest absolute Gasteiger partial charge is 0.465 e. The molecule has 1 fully saturated rings. The Morgan fingerprint density at radius 3 is 2.76 bits per heavy atom. The highest BCUT2D eigenvalue weighted by Gasteiger charge is 2.27. The van der Waals surface area contributed by atoms with Gasteiger partial charge < -0.3 is 14.8 Å². The summed E-state index contributed by atoms with van der Waals surface area (Å²) in [5, 5.41) is 2.84. The van der Waals surface area contributed by atoms with Crippen molar-refractivity contribution in [2.24, 2.45) is 5.92 Å². The normalized spacial score (nSPS) is 19.0. The van der Waals surface area contributed by atoms with Crippen molar-refractivity contribution in [3.8, 4) is 0 Å². The van der Waals surface area contributed by atoms with Gasteiger partial charge in [0.15, 0.2) is 0 Å². The lowest BCUT2D eigenvalue weighted by molar-refractivity contribution is -0.144. The predicted octanol–water partition coefficient (Wildman–Crippen LogP) is 1.49. The summed E-state index contributed by atoms with van der Waals surface area (Å²) in [6, 6.07) is 9.36. The Hall–Kier alpha value is -1.88. The van der Waals surface area contributed by atoms with Crippen molar-refractivity contribution >= 4 is 11.9 Å². The number of hydrogen-bond acceptors (Lipinski definition) is 4. The van der Waals surface area contributed by atoms with Gasteiger partial charge in [-0.1, -0.05) is 30.3 Å². The van der Waals surface area contributed by atoms with Crippen LogP contribution in [-0.4, -0.2) is 38.2 Å². The molecule has 1 aliphatic heterocycles. The lowest BCUT2D eigenvalue weighted by Gasteiger charge is -2.18. The van der Waals surface area contributed by atoms with Gasteiger partial charge in [-0.15, -0.1) is 0 Å². The van der Waals surface area contributed by atoms with E-state index in [2.05, 4.69) is 5.32 Å². The molecule has 5 heteroatoms. The minimum absolute atomic E-state index is 0.0577. The molecule has 2 unspecified atom stereocenters. The second-order valence-electron chi connectivity index (χ2n) is 5.02. The van der Waals surface area contributed by atoms with Gasteiger partial charge in [-0.25, -0.2) is 0 Å². The highest BCUT2D eigenvalue weighted by Crippen LogP contribution is 2.18. The Bertz CT molecular complexity index is 468. The molecule has 1 N–H and O–H groups in total. The monoisotopic (exact) mass is 291 g/mol. The first kappa shape index (κ1) is 15.5. The van der Waals surface area contributed by atoms with E-state index in [1.165, 1.54) is 0 Å². The molecule has 114 valence electrons. The minimum atomic E-state index is -0.475. The maximum atomic E-state index is 12.1. The number of carbonyl (C=O) groups excluding carboxylic acids is 2. The zero-order valence-electron chi connectivity index (χ0n) is 12.2. The lowest BCUT2D eigenvalue weighted by atomic mass is 9.98. The molecule has 0 aliphatic carbocycles. The molecule has 1 amide bonds. The summed E-state index contributed by atoms with van der Waals surface area (Å²) in [6.45, 7) is 3.43. The van der Waals surface area contributed by atoms with Crippen molar-refractivity contribution in [3.05, 3.63) is 35.9 Å².